The van der Waals surface area contributed by atoms with Gasteiger partial charge in [0, 0.05) is 38.3 Å². The second-order valence-electron chi connectivity index (χ2n) is 12.0. The molecule has 1 saturated carbocycles. The van der Waals surface area contributed by atoms with Crippen LogP contribution in [0.2, 0.25) is 0 Å². The van der Waals surface area contributed by atoms with Crippen LogP contribution >= 0.6 is 0 Å². The fourth-order valence-electron chi connectivity index (χ4n) is 7.30. The molecule has 0 heterocycles. The van der Waals surface area contributed by atoms with Crippen LogP contribution in [0.1, 0.15) is 119 Å². The largest absolute Gasteiger partial charge is 0.541 e. The molecule has 2 nitrogen and oxygen atoms in total. The van der Waals surface area contributed by atoms with Crippen LogP contribution in [0, 0.1) is 25.2 Å². The van der Waals surface area contributed by atoms with Crippen LogP contribution in [0.15, 0.2) is 0 Å². The summed E-state index contributed by atoms with van der Waals surface area (Å²) in [5.41, 5.74) is 6.69. The zero-order valence-corrected chi connectivity index (χ0v) is 23.6. The molecule has 3 heteroatoms. The van der Waals surface area contributed by atoms with Crippen molar-refractivity contribution in [1.29, 1.82) is 0 Å². The van der Waals surface area contributed by atoms with Crippen LogP contribution in [-0.2, 0) is 53.7 Å². The van der Waals surface area contributed by atoms with E-state index in [4.69, 9.17) is 0 Å². The van der Waals surface area contributed by atoms with Crippen LogP contribution in [0.5, 0.6) is 0 Å². The minimum atomic E-state index is -0.415. The van der Waals surface area contributed by atoms with Gasteiger partial charge in [-0.3, -0.25) is 11.1 Å². The van der Waals surface area contributed by atoms with Crippen molar-refractivity contribution in [2.45, 2.75) is 111 Å². The second-order valence-corrected chi connectivity index (χ2v) is 12.0. The van der Waals surface area contributed by atoms with Crippen LogP contribution in [-0.4, -0.2) is 12.1 Å². The quantitative estimate of drug-likeness (QED) is 0.348. The molecule has 1 fully saturated rings. The van der Waals surface area contributed by atoms with Gasteiger partial charge in [-0.05, 0) is 83.6 Å². The molecule has 0 aliphatic heterocycles. The van der Waals surface area contributed by atoms with E-state index in [9.17, 15) is 9.59 Å². The molecule has 0 amide bonds. The molecule has 1 aromatic rings. The number of carbonyl (C=O) groups excluding carboxylic acids is 2. The molecule has 1 unspecified atom stereocenters. The maximum Gasteiger partial charge on any atom is 0.160 e. The number of hydrogen-bond acceptors (Lipinski definition) is 2. The number of fused-ring (bicyclic) bond motifs is 3. The molecule has 2 aliphatic carbocycles. The summed E-state index contributed by atoms with van der Waals surface area (Å²) in [6.45, 7) is 21.9. The minimum Gasteiger partial charge on any atom is -0.541 e. The zero-order valence-electron chi connectivity index (χ0n) is 20.8. The first kappa shape index (κ1) is 25.9. The summed E-state index contributed by atoms with van der Waals surface area (Å²) in [7, 11) is 0. The van der Waals surface area contributed by atoms with Crippen molar-refractivity contribution in [1.82, 2.24) is 0 Å². The Morgan fingerprint density at radius 2 is 1.57 bits per heavy atom. The van der Waals surface area contributed by atoms with Crippen molar-refractivity contribution < 1.29 is 42.3 Å². The van der Waals surface area contributed by atoms with Crippen molar-refractivity contribution in [3.63, 3.8) is 0 Å². The zero-order chi connectivity index (χ0) is 22.2. The van der Waals surface area contributed by atoms with Crippen LogP contribution in [0.3, 0.4) is 0 Å². The van der Waals surface area contributed by atoms with E-state index in [1.54, 1.807) is 6.92 Å². The third kappa shape index (κ3) is 3.62. The Morgan fingerprint density at radius 1 is 1.00 bits per heavy atom. The van der Waals surface area contributed by atoms with E-state index in [2.05, 4.69) is 68.6 Å². The van der Waals surface area contributed by atoms with E-state index in [1.807, 2.05) is 0 Å². The van der Waals surface area contributed by atoms with Gasteiger partial charge in [-0.15, -0.1) is 5.41 Å². The topological polar surface area (TPSA) is 34.1 Å². The van der Waals surface area contributed by atoms with Crippen LogP contribution < -0.4 is 0 Å². The normalized spacial score (nSPS) is 30.0. The summed E-state index contributed by atoms with van der Waals surface area (Å²) in [4.78, 5) is 25.1. The Balaban J connectivity index is 0.00000320. The predicted octanol–water partition coefficient (Wildman–Crippen LogP) is 6.66. The maximum absolute atomic E-state index is 12.9. The molecule has 0 bridgehead atoms. The van der Waals surface area contributed by atoms with E-state index in [0.29, 0.717) is 0 Å². The van der Waals surface area contributed by atoms with E-state index < -0.39 is 5.41 Å². The van der Waals surface area contributed by atoms with E-state index in [0.717, 1.165) is 36.8 Å². The molecule has 0 aromatic heterocycles. The standard InChI is InChI=1S/C27H39O2.Y/c1-16-20(18(3)29)21(24(4,5)6)17(2)22-23(16)27(10)13-11-12-26(9,15-28)19(27)14-25(22,7)8;/h19H,11-14H2,1-10H3;/q-1;/t19?,26-,27-;/m0./s1. The monoisotopic (exact) mass is 484 g/mol. The van der Waals surface area contributed by atoms with Gasteiger partial charge in [0.05, 0.1) is 0 Å². The SMILES string of the molecule is CC(=O)c1c(C)c2c(c(C)c1C(C)(C)C)C(C)(C)CC1[C@](C)([C-]=O)CCC[C@]21C.[Y]. The van der Waals surface area contributed by atoms with Crippen molar-refractivity contribution in [2.24, 2.45) is 11.3 Å². The predicted molar refractivity (Wildman–Crippen MR) is 121 cm³/mol. The van der Waals surface area contributed by atoms with Gasteiger partial charge in [0.1, 0.15) is 0 Å². The molecular formula is C27H39O2Y-. The molecule has 30 heavy (non-hydrogen) atoms. The van der Waals surface area contributed by atoms with Crippen molar-refractivity contribution >= 4 is 12.1 Å². The van der Waals surface area contributed by atoms with Crippen molar-refractivity contribution in [2.75, 3.05) is 0 Å². The number of Topliss-reactive ketones (excluding diaryl/α,β-unsaturated/α-hetero) is 1. The number of ketones is 1. The summed E-state index contributed by atoms with van der Waals surface area (Å²) >= 11 is 0. The maximum atomic E-state index is 12.9. The number of hydrogen-bond donors (Lipinski definition) is 0. The molecule has 2 aliphatic rings. The average molecular weight is 485 g/mol. The van der Waals surface area contributed by atoms with Gasteiger partial charge in [-0.1, -0.05) is 61.3 Å². The average Bonchev–Trinajstić information content (AvgIpc) is 2.57. The molecule has 0 spiro atoms. The Morgan fingerprint density at radius 3 is 2.03 bits per heavy atom. The Labute approximate surface area is 209 Å². The van der Waals surface area contributed by atoms with Gasteiger partial charge < -0.3 is 4.79 Å². The second kappa shape index (κ2) is 7.91. The summed E-state index contributed by atoms with van der Waals surface area (Å²) in [5.74, 6) is 0.407. The van der Waals surface area contributed by atoms with Crippen molar-refractivity contribution in [3.05, 3.63) is 33.4 Å². The van der Waals surface area contributed by atoms with Gasteiger partial charge in [0.15, 0.2) is 5.78 Å². The molecule has 1 aromatic carbocycles. The fourth-order valence-corrected chi connectivity index (χ4v) is 7.30. The molecule has 163 valence electrons. The molecule has 3 rings (SSSR count). The summed E-state index contributed by atoms with van der Waals surface area (Å²) in [6.07, 6.45) is 6.48. The van der Waals surface area contributed by atoms with Gasteiger partial charge in [0.2, 0.25) is 0 Å². The van der Waals surface area contributed by atoms with Gasteiger partial charge >= 0.3 is 0 Å². The smallest absolute Gasteiger partial charge is 0.160 e. The van der Waals surface area contributed by atoms with E-state index in [1.165, 1.54) is 22.3 Å². The summed E-state index contributed by atoms with van der Waals surface area (Å²) in [5, 5.41) is 0. The summed E-state index contributed by atoms with van der Waals surface area (Å²) < 4.78 is 0. The number of carbonyl (C=O) groups is 1. The van der Waals surface area contributed by atoms with Crippen LogP contribution in [0.25, 0.3) is 0 Å². The first-order valence-electron chi connectivity index (χ1n) is 11.2. The first-order valence-corrected chi connectivity index (χ1v) is 11.2. The molecule has 1 radical (unpaired) electrons. The third-order valence-electron chi connectivity index (χ3n) is 8.23. The van der Waals surface area contributed by atoms with Crippen LogP contribution in [0.4, 0.5) is 0 Å². The van der Waals surface area contributed by atoms with Gasteiger partial charge in [-0.25, -0.2) is 0 Å². The minimum absolute atomic E-state index is 0. The summed E-state index contributed by atoms with van der Waals surface area (Å²) in [6, 6.07) is 0. The molecule has 0 N–H and O–H groups in total. The molecular weight excluding hydrogens is 445 g/mol. The number of rotatable bonds is 2. The first-order chi connectivity index (χ1) is 13.1. The van der Waals surface area contributed by atoms with Gasteiger partial charge in [0.25, 0.3) is 0 Å². The fraction of sp³-hybridized carbons (Fsp3) is 0.704. The Kier molecular flexibility index (Phi) is 6.83. The Bertz CT molecular complexity index is 889. The van der Waals surface area contributed by atoms with E-state index >= 15 is 0 Å². The molecule has 0 saturated heterocycles. The van der Waals surface area contributed by atoms with Gasteiger partial charge in [-0.2, -0.15) is 0 Å². The Hall–Kier alpha value is -0.336. The molecule has 3 atom stereocenters. The number of benzene rings is 1. The van der Waals surface area contributed by atoms with E-state index in [-0.39, 0.29) is 60.7 Å². The third-order valence-corrected chi connectivity index (χ3v) is 8.23. The van der Waals surface area contributed by atoms with Crippen molar-refractivity contribution in [3.8, 4) is 0 Å².